The van der Waals surface area contributed by atoms with Crippen LogP contribution in [0.3, 0.4) is 0 Å². The molecule has 0 saturated carbocycles. The Hall–Kier alpha value is -2.34. The fourth-order valence-corrected chi connectivity index (χ4v) is 3.50. The molecule has 2 aromatic carbocycles. The number of phenols is 1. The molecule has 0 radical (unpaired) electrons. The van der Waals surface area contributed by atoms with Gasteiger partial charge in [-0.3, -0.25) is 4.79 Å². The zero-order chi connectivity index (χ0) is 18.7. The van der Waals surface area contributed by atoms with Crippen molar-refractivity contribution in [1.82, 2.24) is 5.32 Å². The first kappa shape index (κ1) is 18.5. The molecule has 6 heteroatoms. The molecule has 0 fully saturated rings. The number of aromatic hydroxyl groups is 1. The zero-order valence-corrected chi connectivity index (χ0v) is 16.0. The summed E-state index contributed by atoms with van der Waals surface area (Å²) in [6, 6.07) is 12.4. The number of aryl methyl sites for hydroxylation is 1. The van der Waals surface area contributed by atoms with Gasteiger partial charge < -0.3 is 15.2 Å². The van der Waals surface area contributed by atoms with Crippen molar-refractivity contribution in [2.24, 2.45) is 0 Å². The van der Waals surface area contributed by atoms with Crippen molar-refractivity contribution >= 4 is 27.8 Å². The molecular weight excluding hydrogens is 398 g/mol. The van der Waals surface area contributed by atoms with E-state index in [4.69, 9.17) is 4.74 Å². The molecule has 2 atom stereocenters. The van der Waals surface area contributed by atoms with E-state index in [1.807, 2.05) is 18.2 Å². The molecule has 26 heavy (non-hydrogen) atoms. The van der Waals surface area contributed by atoms with Gasteiger partial charge in [-0.05, 0) is 55.5 Å². The second-order valence-corrected chi connectivity index (χ2v) is 7.28. The van der Waals surface area contributed by atoms with Gasteiger partial charge in [0, 0.05) is 4.47 Å². The normalized spacial score (nSPS) is 17.1. The topological polar surface area (TPSA) is 75.6 Å². The molecule has 0 bridgehead atoms. The number of hydrogen-bond donors (Lipinski definition) is 2. The van der Waals surface area contributed by atoms with E-state index in [9.17, 15) is 14.7 Å². The summed E-state index contributed by atoms with van der Waals surface area (Å²) in [4.78, 5) is 24.7. The number of halogens is 1. The van der Waals surface area contributed by atoms with E-state index in [-0.39, 0.29) is 23.3 Å². The van der Waals surface area contributed by atoms with Crippen LogP contribution in [0.2, 0.25) is 0 Å². The van der Waals surface area contributed by atoms with E-state index < -0.39 is 12.1 Å². The fraction of sp³-hybridized carbons (Fsp3) is 0.300. The summed E-state index contributed by atoms with van der Waals surface area (Å²) in [7, 11) is 0. The van der Waals surface area contributed by atoms with Crippen molar-refractivity contribution in [2.75, 3.05) is 0 Å². The Kier molecular flexibility index (Phi) is 5.61. The van der Waals surface area contributed by atoms with E-state index >= 15 is 0 Å². The van der Waals surface area contributed by atoms with E-state index in [1.165, 1.54) is 24.6 Å². The van der Waals surface area contributed by atoms with Gasteiger partial charge in [0.2, 0.25) is 0 Å². The van der Waals surface area contributed by atoms with E-state index in [0.29, 0.717) is 4.47 Å². The first-order valence-corrected chi connectivity index (χ1v) is 9.32. The third-order valence-electron chi connectivity index (χ3n) is 4.52. The van der Waals surface area contributed by atoms with Crippen LogP contribution in [-0.2, 0) is 16.0 Å². The van der Waals surface area contributed by atoms with Gasteiger partial charge in [0.15, 0.2) is 6.10 Å². The Morgan fingerprint density at radius 1 is 1.27 bits per heavy atom. The van der Waals surface area contributed by atoms with Crippen LogP contribution in [0.5, 0.6) is 5.75 Å². The Labute approximate surface area is 160 Å². The van der Waals surface area contributed by atoms with Gasteiger partial charge in [-0.2, -0.15) is 0 Å². The van der Waals surface area contributed by atoms with Gasteiger partial charge in [-0.15, -0.1) is 0 Å². The second-order valence-electron chi connectivity index (χ2n) is 6.36. The van der Waals surface area contributed by atoms with Crippen molar-refractivity contribution in [1.29, 1.82) is 0 Å². The minimum atomic E-state index is -0.963. The van der Waals surface area contributed by atoms with Crippen molar-refractivity contribution in [2.45, 2.75) is 38.3 Å². The first-order chi connectivity index (χ1) is 12.5. The highest BCUT2D eigenvalue weighted by molar-refractivity contribution is 9.10. The van der Waals surface area contributed by atoms with Crippen LogP contribution in [0.15, 0.2) is 46.9 Å². The Morgan fingerprint density at radius 3 is 2.85 bits per heavy atom. The van der Waals surface area contributed by atoms with Crippen LogP contribution < -0.4 is 5.32 Å². The lowest BCUT2D eigenvalue weighted by atomic mass is 9.87. The summed E-state index contributed by atoms with van der Waals surface area (Å²) in [5.41, 5.74) is 2.38. The standard InChI is InChI=1S/C20H20BrNO4/c1-12(26-20(25)16-11-14(21)9-10-18(16)23)19(24)22-17-8-4-6-13-5-2-3-7-15(13)17/h2-3,5,7,9-12,17,23H,4,6,8H2,1H3,(H,22,24)/t12-,17+/m0/s1. The molecule has 0 aliphatic heterocycles. The number of benzene rings is 2. The third-order valence-corrected chi connectivity index (χ3v) is 5.01. The Bertz CT molecular complexity index is 836. The number of esters is 1. The predicted molar refractivity (Wildman–Crippen MR) is 101 cm³/mol. The number of phenolic OH excluding ortho intramolecular Hbond substituents is 1. The number of nitrogens with one attached hydrogen (secondary N) is 1. The number of hydrogen-bond acceptors (Lipinski definition) is 4. The van der Waals surface area contributed by atoms with Gasteiger partial charge in [0.25, 0.3) is 5.91 Å². The molecule has 0 saturated heterocycles. The average Bonchev–Trinajstić information content (AvgIpc) is 2.63. The van der Waals surface area contributed by atoms with Gasteiger partial charge in [-0.25, -0.2) is 4.79 Å². The highest BCUT2D eigenvalue weighted by Gasteiger charge is 2.26. The molecule has 0 unspecified atom stereocenters. The molecule has 1 aliphatic rings. The lowest BCUT2D eigenvalue weighted by molar-refractivity contribution is -0.130. The molecule has 0 heterocycles. The number of rotatable bonds is 4. The number of carbonyl (C=O) groups excluding carboxylic acids is 2. The summed E-state index contributed by atoms with van der Waals surface area (Å²) in [6.07, 6.45) is 1.91. The number of fused-ring (bicyclic) bond motifs is 1. The average molecular weight is 418 g/mol. The molecule has 2 N–H and O–H groups in total. The molecule has 0 spiro atoms. The van der Waals surface area contributed by atoms with Gasteiger partial charge in [0.05, 0.1) is 6.04 Å². The van der Waals surface area contributed by atoms with E-state index in [0.717, 1.165) is 24.8 Å². The van der Waals surface area contributed by atoms with Gasteiger partial charge >= 0.3 is 5.97 Å². The lowest BCUT2D eigenvalue weighted by Crippen LogP contribution is -2.39. The fourth-order valence-electron chi connectivity index (χ4n) is 3.14. The van der Waals surface area contributed by atoms with Gasteiger partial charge in [-0.1, -0.05) is 40.2 Å². The van der Waals surface area contributed by atoms with Crippen molar-refractivity contribution in [3.05, 3.63) is 63.6 Å². The first-order valence-electron chi connectivity index (χ1n) is 8.53. The number of amides is 1. The van der Waals surface area contributed by atoms with Crippen LogP contribution in [0.1, 0.15) is 47.3 Å². The summed E-state index contributed by atoms with van der Waals surface area (Å²) in [6.45, 7) is 1.52. The SMILES string of the molecule is C[C@H](OC(=O)c1cc(Br)ccc1O)C(=O)N[C@@H]1CCCc2ccccc21. The maximum Gasteiger partial charge on any atom is 0.342 e. The quantitative estimate of drug-likeness (QED) is 0.739. The maximum atomic E-state index is 12.5. The zero-order valence-electron chi connectivity index (χ0n) is 14.4. The smallest absolute Gasteiger partial charge is 0.342 e. The third kappa shape index (κ3) is 4.07. The second kappa shape index (κ2) is 7.91. The number of carbonyl (C=O) groups is 2. The van der Waals surface area contributed by atoms with Crippen LogP contribution >= 0.6 is 15.9 Å². The summed E-state index contributed by atoms with van der Waals surface area (Å²) in [5, 5.41) is 12.8. The summed E-state index contributed by atoms with van der Waals surface area (Å²) in [5.74, 6) is -1.28. The highest BCUT2D eigenvalue weighted by Crippen LogP contribution is 2.29. The molecule has 2 aromatic rings. The molecular formula is C20H20BrNO4. The van der Waals surface area contributed by atoms with Crippen molar-refractivity contribution in [3.8, 4) is 5.75 Å². The van der Waals surface area contributed by atoms with E-state index in [2.05, 4.69) is 27.3 Å². The van der Waals surface area contributed by atoms with E-state index in [1.54, 1.807) is 6.07 Å². The molecule has 1 aliphatic carbocycles. The van der Waals surface area contributed by atoms with Gasteiger partial charge in [0.1, 0.15) is 11.3 Å². The summed E-state index contributed by atoms with van der Waals surface area (Å²) >= 11 is 3.24. The largest absolute Gasteiger partial charge is 0.507 e. The predicted octanol–water partition coefficient (Wildman–Crippen LogP) is 3.89. The Balaban J connectivity index is 1.65. The molecule has 3 rings (SSSR count). The van der Waals surface area contributed by atoms with Crippen molar-refractivity contribution < 1.29 is 19.4 Å². The minimum Gasteiger partial charge on any atom is -0.507 e. The van der Waals surface area contributed by atoms with Crippen LogP contribution in [0.4, 0.5) is 0 Å². The van der Waals surface area contributed by atoms with Crippen LogP contribution in [0.25, 0.3) is 0 Å². The van der Waals surface area contributed by atoms with Crippen LogP contribution in [0, 0.1) is 0 Å². The molecule has 0 aromatic heterocycles. The lowest BCUT2D eigenvalue weighted by Gasteiger charge is -2.27. The Morgan fingerprint density at radius 2 is 2.04 bits per heavy atom. The summed E-state index contributed by atoms with van der Waals surface area (Å²) < 4.78 is 5.87. The molecule has 5 nitrogen and oxygen atoms in total. The number of ether oxygens (including phenoxy) is 1. The van der Waals surface area contributed by atoms with Crippen LogP contribution in [-0.4, -0.2) is 23.1 Å². The maximum absolute atomic E-state index is 12.5. The molecule has 136 valence electrons. The monoisotopic (exact) mass is 417 g/mol. The highest BCUT2D eigenvalue weighted by atomic mass is 79.9. The van der Waals surface area contributed by atoms with Crippen molar-refractivity contribution in [3.63, 3.8) is 0 Å². The molecule has 1 amide bonds. The minimum absolute atomic E-state index is 0.0158.